The van der Waals surface area contributed by atoms with Crippen molar-refractivity contribution in [1.82, 2.24) is 0 Å². The Labute approximate surface area is 237 Å². The molecule has 0 aliphatic rings. The van der Waals surface area contributed by atoms with Gasteiger partial charge in [0.15, 0.2) is 0 Å². The standard InChI is InChI=1S/BCl3.BO2Se.3Rb/c2*2-1(3)4;;;/q;-3;3*+1. The molecule has 0 heterocycles. The van der Waals surface area contributed by atoms with E-state index in [0.717, 1.165) is 0 Å². The van der Waals surface area contributed by atoms with Gasteiger partial charge in [-0.1, -0.05) is 0 Å². The van der Waals surface area contributed by atoms with Crippen LogP contribution in [-0.4, -0.2) is 26.7 Å². The summed E-state index contributed by atoms with van der Waals surface area (Å²) >= 11 is 16.2. The van der Waals surface area contributed by atoms with Gasteiger partial charge >= 0.3 is 211 Å². The first kappa shape index (κ1) is 30.7. The van der Waals surface area contributed by atoms with Gasteiger partial charge in [-0.2, -0.15) is 34.4 Å². The summed E-state index contributed by atoms with van der Waals surface area (Å²) in [5.74, 6) is -1.79. The zero-order valence-corrected chi connectivity index (χ0v) is 25.2. The van der Waals surface area contributed by atoms with Crippen molar-refractivity contribution >= 4 is 61.1 Å². The summed E-state index contributed by atoms with van der Waals surface area (Å²) in [6, 6.07) is 0. The average molecular weight is 495 g/mol. The van der Waals surface area contributed by atoms with Crippen LogP contribution in [0.3, 0.4) is 0 Å². The summed E-state index contributed by atoms with van der Waals surface area (Å²) in [6.45, 7) is 0. The largest absolute Gasteiger partial charge is 1.00 e. The van der Waals surface area contributed by atoms with E-state index in [0.29, 0.717) is 0 Å². The zero-order valence-electron chi connectivity index (χ0n) is 6.51. The van der Waals surface area contributed by atoms with Crippen LogP contribution in [-0.2, 0) is 0 Å². The molecule has 0 aromatic heterocycles. The van der Waals surface area contributed by atoms with Crippen LogP contribution < -0.4 is 185 Å². The van der Waals surface area contributed by atoms with Crippen molar-refractivity contribution in [3.63, 3.8) is 0 Å². The SMILES string of the molecule is ClB(Cl)Cl.[O-]B([O-])[Se-].[Rb+].[Rb+].[Rb+]. The van der Waals surface area contributed by atoms with Crippen LogP contribution >= 0.6 is 34.4 Å². The summed E-state index contributed by atoms with van der Waals surface area (Å²) in [7, 11) is 0. The molecule has 0 aliphatic carbocycles. The predicted molar refractivity (Wildman–Crippen MR) is 34.8 cm³/mol. The molecule has 0 aliphatic heterocycles. The molecule has 48 valence electrons. The Kier molecular flexibility index (Phi) is 71.5. The smallest absolute Gasteiger partial charge is 1.00 e. The second-order valence-electron chi connectivity index (χ2n) is 0.536. The molecular weight excluding hydrogens is 495 g/mol. The molecule has 0 rings (SSSR count). The van der Waals surface area contributed by atoms with E-state index >= 15 is 0 Å². The van der Waals surface area contributed by atoms with Crippen molar-refractivity contribution in [2.75, 3.05) is 0 Å². The Morgan fingerprint density at radius 3 is 0.909 bits per heavy atom. The molecule has 0 aromatic carbocycles. The summed E-state index contributed by atoms with van der Waals surface area (Å²) in [5.41, 5.74) is 0. The first-order valence-electron chi connectivity index (χ1n) is 1.36. The maximum atomic E-state index is 8.92. The van der Waals surface area contributed by atoms with E-state index < -0.39 is 10.9 Å². The van der Waals surface area contributed by atoms with E-state index in [1.807, 2.05) is 0 Å². The Hall–Kier alpha value is 6.85. The van der Waals surface area contributed by atoms with Gasteiger partial charge in [0.25, 0.3) is 0 Å². The minimum atomic E-state index is -1.79. The molecule has 0 N–H and O–H groups in total. The third-order valence-electron chi connectivity index (χ3n) is 0. The molecule has 0 unspecified atom stereocenters. The van der Waals surface area contributed by atoms with E-state index in [1.54, 1.807) is 15.8 Å². The van der Waals surface area contributed by atoms with E-state index in [1.165, 1.54) is 0 Å². The van der Waals surface area contributed by atoms with E-state index in [-0.39, 0.29) is 175 Å². The maximum Gasteiger partial charge on any atom is 1.00 e. The summed E-state index contributed by atoms with van der Waals surface area (Å²) in [4.78, 5) is -0.750. The topological polar surface area (TPSA) is 46.1 Å². The number of hydrogen-bond donors (Lipinski definition) is 0. The van der Waals surface area contributed by atoms with Gasteiger partial charge in [-0.3, -0.25) is 0 Å². The van der Waals surface area contributed by atoms with Gasteiger partial charge in [-0.25, -0.2) is 0 Å². The normalized spacial score (nSPS) is 4.91. The zero-order chi connectivity index (χ0) is 7.15. The molecule has 0 radical (unpaired) electrons. The van der Waals surface area contributed by atoms with Crippen molar-refractivity contribution in [2.24, 2.45) is 0 Å². The van der Waals surface area contributed by atoms with E-state index in [9.17, 15) is 0 Å². The molecule has 0 bridgehead atoms. The molecule has 11 heavy (non-hydrogen) atoms. The Morgan fingerprint density at radius 1 is 0.909 bits per heavy atom. The molecule has 0 saturated heterocycles. The average Bonchev–Trinajstić information content (AvgIpc) is 1.25. The van der Waals surface area contributed by atoms with Crippen molar-refractivity contribution in [3.05, 3.63) is 0 Å². The van der Waals surface area contributed by atoms with Gasteiger partial charge in [-0.05, 0) is 0 Å². The molecule has 0 atom stereocenters. The summed E-state index contributed by atoms with van der Waals surface area (Å²) < 4.78 is 0. The molecular formula is B2Cl3O2Rb3Se. The van der Waals surface area contributed by atoms with Crippen LogP contribution in [0.1, 0.15) is 0 Å². The predicted octanol–water partition coefficient (Wildman–Crippen LogP) is -10.4. The first-order valence-corrected chi connectivity index (χ1v) is 3.66. The van der Waals surface area contributed by atoms with Crippen LogP contribution in [0, 0.1) is 0 Å². The van der Waals surface area contributed by atoms with Crippen molar-refractivity contribution in [3.8, 4) is 0 Å². The van der Waals surface area contributed by atoms with Gasteiger partial charge < -0.3 is 0 Å². The monoisotopic (exact) mass is 494 g/mol. The molecule has 11 heteroatoms. The Bertz CT molecular complexity index is 40.1. The van der Waals surface area contributed by atoms with Gasteiger partial charge in [0.2, 0.25) is 0 Å². The number of rotatable bonds is 0. The van der Waals surface area contributed by atoms with Crippen LogP contribution in [0.2, 0.25) is 0 Å². The third kappa shape index (κ3) is 79.2. The fourth-order valence-electron chi connectivity index (χ4n) is 0. The van der Waals surface area contributed by atoms with Gasteiger partial charge in [0.1, 0.15) is 0 Å². The molecule has 0 fully saturated rings. The van der Waals surface area contributed by atoms with Crippen molar-refractivity contribution in [1.29, 1.82) is 0 Å². The minimum absolute atomic E-state index is 0. The molecule has 0 spiro atoms. The third-order valence-corrected chi connectivity index (χ3v) is 0. The van der Waals surface area contributed by atoms with Gasteiger partial charge in [0, 0.05) is 0 Å². The van der Waals surface area contributed by atoms with Crippen LogP contribution in [0.4, 0.5) is 0 Å². The van der Waals surface area contributed by atoms with Gasteiger partial charge in [0.05, 0.1) is 0 Å². The fourth-order valence-corrected chi connectivity index (χ4v) is 0. The Balaban J connectivity index is -0.0000000171. The van der Waals surface area contributed by atoms with Crippen LogP contribution in [0.25, 0.3) is 0 Å². The molecule has 0 amide bonds. The summed E-state index contributed by atoms with van der Waals surface area (Å²) in [5, 5.41) is 17.8. The molecule has 2 nitrogen and oxygen atoms in total. The maximum absolute atomic E-state index is 8.92. The number of hydrogen-bond acceptors (Lipinski definition) is 2. The fraction of sp³-hybridized carbons (Fsp3) is 0. The first-order chi connectivity index (χ1) is 3.46. The van der Waals surface area contributed by atoms with Crippen LogP contribution in [0.15, 0.2) is 0 Å². The quantitative estimate of drug-likeness (QED) is 0.314. The minimum Gasteiger partial charge on any atom is 1.00 e. The molecule has 0 aromatic rings. The summed E-state index contributed by atoms with van der Waals surface area (Å²) in [6.07, 6.45) is 0. The van der Waals surface area contributed by atoms with Gasteiger partial charge in [-0.15, -0.1) is 0 Å². The van der Waals surface area contributed by atoms with E-state index in [2.05, 4.69) is 0 Å². The van der Waals surface area contributed by atoms with Crippen molar-refractivity contribution in [2.45, 2.75) is 0 Å². The number of halogens is 3. The second-order valence-corrected chi connectivity index (χ2v) is 3.32. The van der Waals surface area contributed by atoms with E-state index in [4.69, 9.17) is 44.4 Å². The second kappa shape index (κ2) is 25.6. The molecule has 0 saturated carbocycles. The van der Waals surface area contributed by atoms with Crippen LogP contribution in [0.5, 0.6) is 0 Å². The van der Waals surface area contributed by atoms with Crippen molar-refractivity contribution < 1.29 is 185 Å². The Morgan fingerprint density at radius 2 is 0.909 bits per heavy atom.